The van der Waals surface area contributed by atoms with Crippen LogP contribution in [0.2, 0.25) is 0 Å². The summed E-state index contributed by atoms with van der Waals surface area (Å²) in [5.74, 6) is 0.373. The molecule has 0 saturated carbocycles. The molecule has 1 rings (SSSR count). The molecule has 1 unspecified atom stereocenters. The van der Waals surface area contributed by atoms with Gasteiger partial charge in [0.05, 0.1) is 0 Å². The summed E-state index contributed by atoms with van der Waals surface area (Å²) in [4.78, 5) is 12.0. The van der Waals surface area contributed by atoms with Gasteiger partial charge in [-0.2, -0.15) is 0 Å². The highest BCUT2D eigenvalue weighted by Crippen LogP contribution is 2.12. The highest BCUT2D eigenvalue weighted by atomic mass is 16.1. The lowest BCUT2D eigenvalue weighted by Gasteiger charge is -2.14. The van der Waals surface area contributed by atoms with E-state index in [1.54, 1.807) is 0 Å². The molecule has 0 heterocycles. The molecule has 0 aliphatic heterocycles. The Morgan fingerprint density at radius 3 is 2.53 bits per heavy atom. The Bertz CT molecular complexity index is 373. The third-order valence-electron chi connectivity index (χ3n) is 3.46. The summed E-state index contributed by atoms with van der Waals surface area (Å²) in [6.45, 7) is 4.94. The molecule has 0 radical (unpaired) electrons. The lowest BCUT2D eigenvalue weighted by molar-refractivity contribution is -0.125. The molecule has 1 aromatic carbocycles. The smallest absolute Gasteiger partial charge is 0.223 e. The Hall–Kier alpha value is -1.51. The number of nitrogen functional groups attached to an aromatic ring is 1. The Balaban J connectivity index is 2.31. The number of anilines is 1. The van der Waals surface area contributed by atoms with Crippen LogP contribution in [0.15, 0.2) is 24.3 Å². The van der Waals surface area contributed by atoms with Crippen LogP contribution in [0.3, 0.4) is 0 Å². The maximum Gasteiger partial charge on any atom is 0.223 e. The van der Waals surface area contributed by atoms with E-state index in [1.807, 2.05) is 24.3 Å². The molecule has 0 aliphatic carbocycles. The zero-order valence-corrected chi connectivity index (χ0v) is 12.1. The van der Waals surface area contributed by atoms with Crippen LogP contribution in [-0.2, 0) is 11.2 Å². The van der Waals surface area contributed by atoms with Gasteiger partial charge in [0, 0.05) is 18.2 Å². The van der Waals surface area contributed by atoms with Crippen LogP contribution >= 0.6 is 0 Å². The minimum atomic E-state index is 0.173. The minimum Gasteiger partial charge on any atom is -0.399 e. The second-order valence-electron chi connectivity index (χ2n) is 5.03. The van der Waals surface area contributed by atoms with Gasteiger partial charge in [-0.15, -0.1) is 0 Å². The standard InChI is InChI=1S/C16H26N2O/c1-3-5-6-14(4-2)16(19)18-12-11-13-7-9-15(17)10-8-13/h7-10,14H,3-6,11-12,17H2,1-2H3,(H,18,19). The first-order valence-corrected chi connectivity index (χ1v) is 7.29. The lowest BCUT2D eigenvalue weighted by atomic mass is 9.98. The molecule has 3 nitrogen and oxygen atoms in total. The molecule has 3 N–H and O–H groups in total. The van der Waals surface area contributed by atoms with Crippen molar-refractivity contribution < 1.29 is 4.79 Å². The number of hydrogen-bond acceptors (Lipinski definition) is 2. The molecule has 0 aliphatic rings. The SMILES string of the molecule is CCCCC(CC)C(=O)NCCc1ccc(N)cc1. The van der Waals surface area contributed by atoms with Crippen molar-refractivity contribution in [1.29, 1.82) is 0 Å². The fourth-order valence-electron chi connectivity index (χ4n) is 2.13. The number of nitrogens with two attached hydrogens (primary N) is 1. The average molecular weight is 262 g/mol. The molecule has 106 valence electrons. The molecule has 0 saturated heterocycles. The van der Waals surface area contributed by atoms with Crippen molar-refractivity contribution in [2.24, 2.45) is 5.92 Å². The third-order valence-corrected chi connectivity index (χ3v) is 3.46. The summed E-state index contributed by atoms with van der Waals surface area (Å²) < 4.78 is 0. The van der Waals surface area contributed by atoms with Gasteiger partial charge in [0.1, 0.15) is 0 Å². The monoisotopic (exact) mass is 262 g/mol. The number of amides is 1. The fraction of sp³-hybridized carbons (Fsp3) is 0.562. The zero-order chi connectivity index (χ0) is 14.1. The Labute approximate surface area is 116 Å². The van der Waals surface area contributed by atoms with Gasteiger partial charge in [0.25, 0.3) is 0 Å². The van der Waals surface area contributed by atoms with Gasteiger partial charge < -0.3 is 11.1 Å². The molecule has 1 aromatic rings. The summed E-state index contributed by atoms with van der Waals surface area (Å²) in [7, 11) is 0. The summed E-state index contributed by atoms with van der Waals surface area (Å²) in [5.41, 5.74) is 7.62. The number of carbonyl (C=O) groups is 1. The van der Waals surface area contributed by atoms with E-state index in [-0.39, 0.29) is 11.8 Å². The Morgan fingerprint density at radius 2 is 1.95 bits per heavy atom. The minimum absolute atomic E-state index is 0.173. The zero-order valence-electron chi connectivity index (χ0n) is 12.1. The highest BCUT2D eigenvalue weighted by molar-refractivity contribution is 5.78. The fourth-order valence-corrected chi connectivity index (χ4v) is 2.13. The first-order valence-electron chi connectivity index (χ1n) is 7.29. The van der Waals surface area contributed by atoms with E-state index in [2.05, 4.69) is 19.2 Å². The molecule has 0 fully saturated rings. The number of benzene rings is 1. The maximum atomic E-state index is 12.0. The van der Waals surface area contributed by atoms with E-state index in [0.717, 1.165) is 37.8 Å². The van der Waals surface area contributed by atoms with Gasteiger partial charge in [-0.1, -0.05) is 38.8 Å². The molecule has 1 atom stereocenters. The molecule has 3 heteroatoms. The summed E-state index contributed by atoms with van der Waals surface area (Å²) in [6, 6.07) is 7.81. The quantitative estimate of drug-likeness (QED) is 0.707. The average Bonchev–Trinajstić information content (AvgIpc) is 2.42. The van der Waals surface area contributed by atoms with Crippen LogP contribution in [0.25, 0.3) is 0 Å². The molecular formula is C16H26N2O. The predicted molar refractivity (Wildman–Crippen MR) is 80.9 cm³/mol. The molecular weight excluding hydrogens is 236 g/mol. The Kier molecular flexibility index (Phi) is 7.01. The van der Waals surface area contributed by atoms with E-state index in [4.69, 9.17) is 5.73 Å². The molecule has 0 aromatic heterocycles. The normalized spacial score (nSPS) is 12.1. The second-order valence-corrected chi connectivity index (χ2v) is 5.03. The summed E-state index contributed by atoms with van der Waals surface area (Å²) >= 11 is 0. The first kappa shape index (κ1) is 15.5. The van der Waals surface area contributed by atoms with E-state index in [0.29, 0.717) is 6.54 Å². The van der Waals surface area contributed by atoms with Crippen molar-refractivity contribution in [3.05, 3.63) is 29.8 Å². The van der Waals surface area contributed by atoms with E-state index in [1.165, 1.54) is 5.56 Å². The van der Waals surface area contributed by atoms with Gasteiger partial charge in [-0.05, 0) is 37.0 Å². The van der Waals surface area contributed by atoms with Crippen LogP contribution in [0.5, 0.6) is 0 Å². The number of nitrogens with one attached hydrogen (secondary N) is 1. The van der Waals surface area contributed by atoms with Crippen molar-refractivity contribution in [2.75, 3.05) is 12.3 Å². The lowest BCUT2D eigenvalue weighted by Crippen LogP contribution is -2.32. The topological polar surface area (TPSA) is 55.1 Å². The number of carbonyl (C=O) groups excluding carboxylic acids is 1. The van der Waals surface area contributed by atoms with Crippen LogP contribution < -0.4 is 11.1 Å². The van der Waals surface area contributed by atoms with E-state index < -0.39 is 0 Å². The Morgan fingerprint density at radius 1 is 1.26 bits per heavy atom. The predicted octanol–water partition coefficient (Wildman–Crippen LogP) is 3.14. The summed E-state index contributed by atoms with van der Waals surface area (Å²) in [5, 5.41) is 3.04. The van der Waals surface area contributed by atoms with Crippen molar-refractivity contribution in [3.8, 4) is 0 Å². The largest absolute Gasteiger partial charge is 0.399 e. The van der Waals surface area contributed by atoms with Crippen LogP contribution in [0, 0.1) is 5.92 Å². The van der Waals surface area contributed by atoms with Crippen LogP contribution in [-0.4, -0.2) is 12.5 Å². The van der Waals surface area contributed by atoms with Crippen LogP contribution in [0.1, 0.15) is 45.1 Å². The van der Waals surface area contributed by atoms with Gasteiger partial charge in [0.2, 0.25) is 5.91 Å². The van der Waals surface area contributed by atoms with Crippen molar-refractivity contribution >= 4 is 11.6 Å². The highest BCUT2D eigenvalue weighted by Gasteiger charge is 2.14. The van der Waals surface area contributed by atoms with E-state index >= 15 is 0 Å². The summed E-state index contributed by atoms with van der Waals surface area (Å²) in [6.07, 6.45) is 5.06. The first-order chi connectivity index (χ1) is 9.17. The maximum absolute atomic E-state index is 12.0. The molecule has 1 amide bonds. The third kappa shape index (κ3) is 5.77. The van der Waals surface area contributed by atoms with Crippen molar-refractivity contribution in [2.45, 2.75) is 46.0 Å². The number of unbranched alkanes of at least 4 members (excludes halogenated alkanes) is 1. The van der Waals surface area contributed by atoms with Gasteiger partial charge in [-0.3, -0.25) is 4.79 Å². The molecule has 0 spiro atoms. The van der Waals surface area contributed by atoms with E-state index in [9.17, 15) is 4.79 Å². The number of hydrogen-bond donors (Lipinski definition) is 2. The van der Waals surface area contributed by atoms with Crippen LogP contribution in [0.4, 0.5) is 5.69 Å². The molecule has 0 bridgehead atoms. The van der Waals surface area contributed by atoms with Crippen molar-refractivity contribution in [3.63, 3.8) is 0 Å². The van der Waals surface area contributed by atoms with Crippen molar-refractivity contribution in [1.82, 2.24) is 5.32 Å². The number of rotatable bonds is 8. The van der Waals surface area contributed by atoms with Gasteiger partial charge in [-0.25, -0.2) is 0 Å². The second kappa shape index (κ2) is 8.57. The molecule has 19 heavy (non-hydrogen) atoms. The van der Waals surface area contributed by atoms with Gasteiger partial charge >= 0.3 is 0 Å². The van der Waals surface area contributed by atoms with Gasteiger partial charge in [0.15, 0.2) is 0 Å².